The third-order valence-corrected chi connectivity index (χ3v) is 7.62. The normalized spacial score (nSPS) is 15.8. The van der Waals surface area contributed by atoms with E-state index in [0.717, 1.165) is 27.6 Å². The second kappa shape index (κ2) is 8.54. The first-order valence-corrected chi connectivity index (χ1v) is 11.6. The summed E-state index contributed by atoms with van der Waals surface area (Å²) in [4.78, 5) is 59.7. The monoisotopic (exact) mass is 498 g/mol. The molecule has 10 nitrogen and oxygen atoms in total. The molecule has 0 spiro atoms. The summed E-state index contributed by atoms with van der Waals surface area (Å²) < 4.78 is 0. The summed E-state index contributed by atoms with van der Waals surface area (Å²) in [5.74, 6) is -2.39. The molecule has 1 atom stereocenters. The lowest BCUT2D eigenvalue weighted by atomic mass is 9.95. The van der Waals surface area contributed by atoms with Crippen LogP contribution < -0.4 is 4.90 Å². The van der Waals surface area contributed by atoms with Crippen molar-refractivity contribution in [2.75, 3.05) is 4.90 Å². The second-order valence-corrected chi connectivity index (χ2v) is 9.81. The van der Waals surface area contributed by atoms with E-state index >= 15 is 0 Å². The van der Waals surface area contributed by atoms with Crippen molar-refractivity contribution < 1.29 is 24.4 Å². The van der Waals surface area contributed by atoms with Gasteiger partial charge < -0.3 is 5.11 Å². The van der Waals surface area contributed by atoms with Crippen molar-refractivity contribution in [2.45, 2.75) is 33.7 Å². The second-order valence-electron chi connectivity index (χ2n) is 7.63. The summed E-state index contributed by atoms with van der Waals surface area (Å²) in [5.41, 5.74) is 0.893. The number of anilines is 1. The highest BCUT2D eigenvalue weighted by atomic mass is 32.1. The van der Waals surface area contributed by atoms with Crippen molar-refractivity contribution in [3.05, 3.63) is 77.4 Å². The summed E-state index contributed by atoms with van der Waals surface area (Å²) in [5, 5.41) is 22.7. The van der Waals surface area contributed by atoms with Gasteiger partial charge in [0.1, 0.15) is 0 Å². The molecule has 1 aliphatic rings. The Morgan fingerprint density at radius 1 is 1.06 bits per heavy atom. The van der Waals surface area contributed by atoms with Crippen LogP contribution in [0.25, 0.3) is 0 Å². The highest BCUT2D eigenvalue weighted by Crippen LogP contribution is 2.44. The van der Waals surface area contributed by atoms with Crippen molar-refractivity contribution in [1.82, 2.24) is 9.97 Å². The number of carbonyl (C=O) groups is 3. The molecular weight excluding hydrogens is 480 g/mol. The zero-order chi connectivity index (χ0) is 24.9. The molecule has 1 unspecified atom stereocenters. The van der Waals surface area contributed by atoms with Gasteiger partial charge in [0.25, 0.3) is 11.6 Å². The van der Waals surface area contributed by atoms with Crippen LogP contribution in [0.5, 0.6) is 0 Å². The highest BCUT2D eigenvalue weighted by molar-refractivity contribution is 7.17. The number of amides is 1. The quantitative estimate of drug-likeness (QED) is 0.299. The number of Topliss-reactive ketones (excluding diaryl/α,β-unsaturated/α-hetero) is 2. The Morgan fingerprint density at radius 2 is 1.68 bits per heavy atom. The Bertz CT molecular complexity index is 1400. The fourth-order valence-electron chi connectivity index (χ4n) is 3.80. The highest BCUT2D eigenvalue weighted by Gasteiger charge is 2.46. The lowest BCUT2D eigenvalue weighted by Crippen LogP contribution is -2.31. The maximum Gasteiger partial charge on any atom is 0.296 e. The summed E-state index contributed by atoms with van der Waals surface area (Å²) in [6, 6.07) is 4.25. The molecule has 0 saturated carbocycles. The predicted octanol–water partition coefficient (Wildman–Crippen LogP) is 4.42. The van der Waals surface area contributed by atoms with Crippen LogP contribution in [-0.2, 0) is 4.79 Å². The molecule has 0 fully saturated rings. The number of hydrogen-bond acceptors (Lipinski definition) is 10. The molecule has 0 radical (unpaired) electrons. The van der Waals surface area contributed by atoms with Crippen LogP contribution in [0.15, 0.2) is 35.6 Å². The first-order valence-electron chi connectivity index (χ1n) is 9.99. The smallest absolute Gasteiger partial charge is 0.296 e. The number of rotatable bonds is 6. The molecule has 1 N–H and O–H groups in total. The van der Waals surface area contributed by atoms with E-state index in [9.17, 15) is 29.6 Å². The molecule has 0 saturated heterocycles. The number of hydrogen-bond donors (Lipinski definition) is 1. The number of nitro benzene ring substituents is 1. The number of aliphatic hydroxyl groups excluding tert-OH is 1. The lowest BCUT2D eigenvalue weighted by molar-refractivity contribution is -0.384. The van der Waals surface area contributed by atoms with Crippen LogP contribution in [0.4, 0.5) is 10.8 Å². The van der Waals surface area contributed by atoms with Crippen LogP contribution in [-0.4, -0.2) is 37.5 Å². The van der Waals surface area contributed by atoms with E-state index in [-0.39, 0.29) is 27.1 Å². The van der Waals surface area contributed by atoms with Gasteiger partial charge in [0.15, 0.2) is 16.7 Å². The Balaban J connectivity index is 1.90. The summed E-state index contributed by atoms with van der Waals surface area (Å²) >= 11 is 2.11. The van der Waals surface area contributed by atoms with Crippen molar-refractivity contribution in [1.29, 1.82) is 0 Å². The molecule has 4 rings (SSSR count). The maximum absolute atomic E-state index is 13.5. The lowest BCUT2D eigenvalue weighted by Gasteiger charge is -2.24. The van der Waals surface area contributed by atoms with Gasteiger partial charge in [-0.05, 0) is 38.5 Å². The molecule has 1 aromatic carbocycles. The first-order chi connectivity index (χ1) is 16.0. The number of aryl methyl sites for hydroxylation is 3. The summed E-state index contributed by atoms with van der Waals surface area (Å²) in [6.07, 6.45) is 0. The maximum atomic E-state index is 13.5. The van der Waals surface area contributed by atoms with E-state index in [1.165, 1.54) is 31.2 Å². The third-order valence-electron chi connectivity index (χ3n) is 5.29. The predicted molar refractivity (Wildman–Crippen MR) is 126 cm³/mol. The Kier molecular flexibility index (Phi) is 5.87. The standard InChI is InChI=1S/C22H18N4O6S2/c1-9-19(11(3)27)34-22(24-9)25-16(13-5-7-14(8-6-13)26(31)32)15(18(29)21(25)30)17(28)20-10(2)23-12(4)33-20/h5-8,16,29H,1-4H3. The zero-order valence-electron chi connectivity index (χ0n) is 18.5. The molecule has 1 aliphatic heterocycles. The Hall–Kier alpha value is -3.77. The van der Waals surface area contributed by atoms with Gasteiger partial charge in [0.2, 0.25) is 5.78 Å². The van der Waals surface area contributed by atoms with Crippen LogP contribution in [0.2, 0.25) is 0 Å². The fraction of sp³-hybridized carbons (Fsp3) is 0.227. The van der Waals surface area contributed by atoms with E-state index in [0.29, 0.717) is 26.8 Å². The van der Waals surface area contributed by atoms with Gasteiger partial charge >= 0.3 is 0 Å². The molecule has 0 aliphatic carbocycles. The molecule has 174 valence electrons. The molecule has 0 bridgehead atoms. The molecule has 34 heavy (non-hydrogen) atoms. The van der Waals surface area contributed by atoms with E-state index in [1.807, 2.05) is 0 Å². The minimum absolute atomic E-state index is 0.127. The van der Waals surface area contributed by atoms with Gasteiger partial charge in [0, 0.05) is 19.1 Å². The summed E-state index contributed by atoms with van der Waals surface area (Å²) in [7, 11) is 0. The Morgan fingerprint density at radius 3 is 2.18 bits per heavy atom. The molecule has 12 heteroatoms. The summed E-state index contributed by atoms with van der Waals surface area (Å²) in [6.45, 7) is 6.40. The topological polar surface area (TPSA) is 144 Å². The van der Waals surface area contributed by atoms with E-state index in [4.69, 9.17) is 0 Å². The van der Waals surface area contributed by atoms with Crippen LogP contribution in [0.1, 0.15) is 54.3 Å². The molecular formula is C22H18N4O6S2. The SMILES string of the molecule is CC(=O)c1sc(N2C(=O)C(O)=C(C(=O)c3sc(C)nc3C)C2c2ccc([N+](=O)[O-])cc2)nc1C. The minimum atomic E-state index is -1.10. The fourth-order valence-corrected chi connectivity index (χ4v) is 5.67. The van der Waals surface area contributed by atoms with Crippen molar-refractivity contribution in [3.8, 4) is 0 Å². The van der Waals surface area contributed by atoms with Gasteiger partial charge in [-0.2, -0.15) is 0 Å². The van der Waals surface area contributed by atoms with Gasteiger partial charge in [0.05, 0.1) is 42.7 Å². The number of carbonyl (C=O) groups excluding carboxylic acids is 3. The largest absolute Gasteiger partial charge is 0.503 e. The van der Waals surface area contributed by atoms with Gasteiger partial charge in [-0.1, -0.05) is 11.3 Å². The van der Waals surface area contributed by atoms with Crippen molar-refractivity contribution in [3.63, 3.8) is 0 Å². The van der Waals surface area contributed by atoms with Crippen LogP contribution in [0.3, 0.4) is 0 Å². The third kappa shape index (κ3) is 3.80. The number of ketones is 2. The van der Waals surface area contributed by atoms with Gasteiger partial charge in [-0.25, -0.2) is 9.97 Å². The average molecular weight is 499 g/mol. The van der Waals surface area contributed by atoms with Gasteiger partial charge in [-0.15, -0.1) is 11.3 Å². The number of nitro groups is 1. The number of benzene rings is 1. The van der Waals surface area contributed by atoms with E-state index in [1.54, 1.807) is 20.8 Å². The van der Waals surface area contributed by atoms with E-state index in [2.05, 4.69) is 9.97 Å². The van der Waals surface area contributed by atoms with Crippen LogP contribution >= 0.6 is 22.7 Å². The number of non-ortho nitro benzene ring substituents is 1. The molecule has 1 amide bonds. The number of aliphatic hydroxyl groups is 1. The van der Waals surface area contributed by atoms with Crippen molar-refractivity contribution >= 4 is 51.0 Å². The molecule has 2 aromatic heterocycles. The van der Waals surface area contributed by atoms with Crippen molar-refractivity contribution in [2.24, 2.45) is 0 Å². The van der Waals surface area contributed by atoms with E-state index < -0.39 is 28.4 Å². The molecule has 3 aromatic rings. The van der Waals surface area contributed by atoms with Gasteiger partial charge in [-0.3, -0.25) is 29.4 Å². The van der Waals surface area contributed by atoms with Crippen LogP contribution in [0, 0.1) is 30.9 Å². The minimum Gasteiger partial charge on any atom is -0.503 e. The molecule has 3 heterocycles. The zero-order valence-corrected chi connectivity index (χ0v) is 20.1. The number of nitrogens with zero attached hydrogens (tertiary/aromatic N) is 4. The average Bonchev–Trinajstić information content (AvgIpc) is 3.41. The number of thiazole rings is 2. The Labute approximate surface area is 201 Å². The number of aromatic nitrogens is 2. The first kappa shape index (κ1) is 23.4.